The molecule has 0 fully saturated rings. The number of aromatic nitrogens is 1. The number of carbonyl (C=O) groups excluding carboxylic acids is 1. The van der Waals surface area contributed by atoms with Crippen molar-refractivity contribution in [2.75, 3.05) is 14.2 Å². The lowest BCUT2D eigenvalue weighted by molar-refractivity contribution is 0.0600. The Morgan fingerprint density at radius 2 is 2.09 bits per heavy atom. The van der Waals surface area contributed by atoms with Crippen LogP contribution in [0.2, 0.25) is 0 Å². The standard InChI is InChI=1S/C17H20N2O3/c1-12(15-7-8-16(21-2)19-11-15)18-10-13-5-4-6-14(9-13)17(20)22-3/h4-9,11-12,18H,10H2,1-3H3. The second-order valence-electron chi connectivity index (χ2n) is 4.93. The lowest BCUT2D eigenvalue weighted by Crippen LogP contribution is -2.18. The van der Waals surface area contributed by atoms with Crippen LogP contribution < -0.4 is 10.1 Å². The van der Waals surface area contributed by atoms with E-state index in [1.165, 1.54) is 7.11 Å². The molecule has 0 bridgehead atoms. The fourth-order valence-corrected chi connectivity index (χ4v) is 2.08. The first-order chi connectivity index (χ1) is 10.6. The number of benzene rings is 1. The number of esters is 1. The number of ether oxygens (including phenoxy) is 2. The van der Waals surface area contributed by atoms with Gasteiger partial charge in [0.15, 0.2) is 0 Å². The van der Waals surface area contributed by atoms with E-state index in [9.17, 15) is 4.79 Å². The van der Waals surface area contributed by atoms with Gasteiger partial charge in [0.05, 0.1) is 19.8 Å². The number of carbonyl (C=O) groups is 1. The predicted molar refractivity (Wildman–Crippen MR) is 83.8 cm³/mol. The normalized spacial score (nSPS) is 11.8. The second-order valence-corrected chi connectivity index (χ2v) is 4.93. The van der Waals surface area contributed by atoms with Gasteiger partial charge in [0.25, 0.3) is 0 Å². The van der Waals surface area contributed by atoms with E-state index >= 15 is 0 Å². The monoisotopic (exact) mass is 300 g/mol. The topological polar surface area (TPSA) is 60.5 Å². The van der Waals surface area contributed by atoms with Crippen LogP contribution >= 0.6 is 0 Å². The Balaban J connectivity index is 1.98. The highest BCUT2D eigenvalue weighted by Crippen LogP contribution is 2.15. The Hall–Kier alpha value is -2.40. The van der Waals surface area contributed by atoms with E-state index in [2.05, 4.69) is 17.2 Å². The van der Waals surface area contributed by atoms with Crippen LogP contribution in [0.4, 0.5) is 0 Å². The van der Waals surface area contributed by atoms with Crippen molar-refractivity contribution in [3.8, 4) is 5.88 Å². The van der Waals surface area contributed by atoms with Crippen molar-refractivity contribution >= 4 is 5.97 Å². The molecule has 0 amide bonds. The summed E-state index contributed by atoms with van der Waals surface area (Å²) in [6.07, 6.45) is 1.79. The largest absolute Gasteiger partial charge is 0.481 e. The van der Waals surface area contributed by atoms with Crippen LogP contribution in [0, 0.1) is 0 Å². The lowest BCUT2D eigenvalue weighted by atomic mass is 10.1. The fraction of sp³-hybridized carbons (Fsp3) is 0.294. The summed E-state index contributed by atoms with van der Waals surface area (Å²) in [6.45, 7) is 2.71. The SMILES string of the molecule is COC(=O)c1cccc(CNC(C)c2ccc(OC)nc2)c1. The fourth-order valence-electron chi connectivity index (χ4n) is 2.08. The van der Waals surface area contributed by atoms with Gasteiger partial charge in [-0.3, -0.25) is 0 Å². The van der Waals surface area contributed by atoms with Gasteiger partial charge < -0.3 is 14.8 Å². The Morgan fingerprint density at radius 3 is 2.73 bits per heavy atom. The highest BCUT2D eigenvalue weighted by molar-refractivity contribution is 5.89. The number of hydrogen-bond acceptors (Lipinski definition) is 5. The summed E-state index contributed by atoms with van der Waals surface area (Å²) in [6, 6.07) is 11.4. The van der Waals surface area contributed by atoms with Crippen molar-refractivity contribution in [3.05, 3.63) is 59.3 Å². The first-order valence-corrected chi connectivity index (χ1v) is 7.04. The molecule has 0 saturated heterocycles. The van der Waals surface area contributed by atoms with E-state index in [1.807, 2.05) is 30.3 Å². The van der Waals surface area contributed by atoms with Crippen molar-refractivity contribution in [2.45, 2.75) is 19.5 Å². The number of methoxy groups -OCH3 is 2. The van der Waals surface area contributed by atoms with E-state index in [0.29, 0.717) is 18.0 Å². The molecule has 5 heteroatoms. The first kappa shape index (κ1) is 16.0. The van der Waals surface area contributed by atoms with Crippen molar-refractivity contribution in [1.82, 2.24) is 10.3 Å². The molecule has 0 aliphatic rings. The minimum atomic E-state index is -0.325. The Morgan fingerprint density at radius 1 is 1.27 bits per heavy atom. The molecule has 1 aromatic heterocycles. The number of nitrogens with zero attached hydrogens (tertiary/aromatic N) is 1. The molecular formula is C17H20N2O3. The summed E-state index contributed by atoms with van der Waals surface area (Å²) in [5, 5.41) is 3.40. The number of nitrogens with one attached hydrogen (secondary N) is 1. The molecule has 2 aromatic rings. The van der Waals surface area contributed by atoms with Gasteiger partial charge in [-0.1, -0.05) is 18.2 Å². The molecular weight excluding hydrogens is 280 g/mol. The van der Waals surface area contributed by atoms with Crippen molar-refractivity contribution < 1.29 is 14.3 Å². The zero-order chi connectivity index (χ0) is 15.9. The maximum absolute atomic E-state index is 11.5. The minimum Gasteiger partial charge on any atom is -0.481 e. The van der Waals surface area contributed by atoms with E-state index in [0.717, 1.165) is 11.1 Å². The van der Waals surface area contributed by atoms with Gasteiger partial charge in [-0.05, 0) is 30.2 Å². The molecule has 0 radical (unpaired) electrons. The summed E-state index contributed by atoms with van der Waals surface area (Å²) in [5.74, 6) is 0.274. The highest BCUT2D eigenvalue weighted by atomic mass is 16.5. The Labute approximate surface area is 130 Å². The van der Waals surface area contributed by atoms with Crippen molar-refractivity contribution in [3.63, 3.8) is 0 Å². The van der Waals surface area contributed by atoms with Crippen LogP contribution in [0.25, 0.3) is 0 Å². The second kappa shape index (κ2) is 7.56. The first-order valence-electron chi connectivity index (χ1n) is 7.04. The van der Waals surface area contributed by atoms with Crippen LogP contribution in [0.3, 0.4) is 0 Å². The molecule has 1 N–H and O–H groups in total. The van der Waals surface area contributed by atoms with Gasteiger partial charge >= 0.3 is 5.97 Å². The number of pyridine rings is 1. The van der Waals surface area contributed by atoms with E-state index in [1.54, 1.807) is 19.4 Å². The molecule has 1 unspecified atom stereocenters. The molecule has 2 rings (SSSR count). The minimum absolute atomic E-state index is 0.139. The molecule has 0 spiro atoms. The van der Waals surface area contributed by atoms with E-state index < -0.39 is 0 Å². The average molecular weight is 300 g/mol. The van der Waals surface area contributed by atoms with Crippen molar-refractivity contribution in [1.29, 1.82) is 0 Å². The Kier molecular flexibility index (Phi) is 5.49. The molecule has 22 heavy (non-hydrogen) atoms. The number of hydrogen-bond donors (Lipinski definition) is 1. The highest BCUT2D eigenvalue weighted by Gasteiger charge is 2.08. The van der Waals surface area contributed by atoms with E-state index in [-0.39, 0.29) is 12.0 Å². The van der Waals surface area contributed by atoms with Crippen molar-refractivity contribution in [2.24, 2.45) is 0 Å². The quantitative estimate of drug-likeness (QED) is 0.831. The zero-order valence-electron chi connectivity index (χ0n) is 13.0. The molecule has 5 nitrogen and oxygen atoms in total. The van der Waals surface area contributed by atoms with Gasteiger partial charge in [-0.25, -0.2) is 9.78 Å². The van der Waals surface area contributed by atoms with Crippen LogP contribution in [-0.4, -0.2) is 25.2 Å². The third-order valence-corrected chi connectivity index (χ3v) is 3.43. The Bertz CT molecular complexity index is 626. The van der Waals surface area contributed by atoms with Gasteiger partial charge in [-0.2, -0.15) is 0 Å². The van der Waals surface area contributed by atoms with Crippen LogP contribution in [0.15, 0.2) is 42.6 Å². The maximum atomic E-state index is 11.5. The summed E-state index contributed by atoms with van der Waals surface area (Å²) >= 11 is 0. The van der Waals surface area contributed by atoms with Crippen LogP contribution in [0.1, 0.15) is 34.5 Å². The summed E-state index contributed by atoms with van der Waals surface area (Å²) < 4.78 is 9.78. The summed E-state index contributed by atoms with van der Waals surface area (Å²) in [5.41, 5.74) is 2.65. The predicted octanol–water partition coefficient (Wildman–Crippen LogP) is 2.73. The van der Waals surface area contributed by atoms with Gasteiger partial charge in [0.1, 0.15) is 0 Å². The zero-order valence-corrected chi connectivity index (χ0v) is 13.0. The molecule has 116 valence electrons. The third-order valence-electron chi connectivity index (χ3n) is 3.43. The molecule has 0 saturated carbocycles. The average Bonchev–Trinajstić information content (AvgIpc) is 2.59. The number of rotatable bonds is 6. The maximum Gasteiger partial charge on any atom is 0.337 e. The molecule has 1 atom stereocenters. The van der Waals surface area contributed by atoms with Gasteiger partial charge in [-0.15, -0.1) is 0 Å². The third kappa shape index (κ3) is 4.05. The molecule has 0 aliphatic carbocycles. The summed E-state index contributed by atoms with van der Waals surface area (Å²) in [4.78, 5) is 15.7. The van der Waals surface area contributed by atoms with Gasteiger partial charge in [0, 0.05) is 24.8 Å². The smallest absolute Gasteiger partial charge is 0.337 e. The molecule has 1 heterocycles. The lowest BCUT2D eigenvalue weighted by Gasteiger charge is -2.14. The van der Waals surface area contributed by atoms with Crippen LogP contribution in [-0.2, 0) is 11.3 Å². The van der Waals surface area contributed by atoms with E-state index in [4.69, 9.17) is 9.47 Å². The van der Waals surface area contributed by atoms with Crippen LogP contribution in [0.5, 0.6) is 5.88 Å². The van der Waals surface area contributed by atoms with Gasteiger partial charge in [0.2, 0.25) is 5.88 Å². The summed E-state index contributed by atoms with van der Waals surface area (Å²) in [7, 11) is 2.98. The molecule has 0 aliphatic heterocycles. The molecule has 1 aromatic carbocycles.